The van der Waals surface area contributed by atoms with Gasteiger partial charge in [-0.3, -0.25) is 4.79 Å². The fraction of sp³-hybridized carbons (Fsp3) is 0. The molecule has 0 aromatic heterocycles. The maximum Gasteiger partial charge on any atom is 0.194 e. The minimum atomic E-state index is -3.31. The highest BCUT2D eigenvalue weighted by molar-refractivity contribution is 7.85. The number of hydrogen-bond donors (Lipinski definition) is 0. The second kappa shape index (κ2) is 11.0. The van der Waals surface area contributed by atoms with Crippen LogP contribution < -0.4 is 41.6 Å². The summed E-state index contributed by atoms with van der Waals surface area (Å²) < 4.78 is 15.3. The highest BCUT2D eigenvalue weighted by Gasteiger charge is 2.48. The van der Waals surface area contributed by atoms with Crippen LogP contribution in [0.15, 0.2) is 182 Å². The molecule has 3 nitrogen and oxygen atoms in total. The molecule has 5 heteroatoms. The summed E-state index contributed by atoms with van der Waals surface area (Å²) in [6.45, 7) is 0. The van der Waals surface area contributed by atoms with Gasteiger partial charge in [-0.15, -0.1) is 0 Å². The maximum absolute atomic E-state index is 15.3. The first-order valence-corrected chi connectivity index (χ1v) is 19.9. The van der Waals surface area contributed by atoms with E-state index in [1.165, 1.54) is 20.7 Å². The number of rotatable bonds is 4. The number of carbonyl (C=O) groups excluding carboxylic acids is 1. The van der Waals surface area contributed by atoms with E-state index in [1.807, 2.05) is 48.5 Å². The van der Waals surface area contributed by atoms with Crippen LogP contribution in [0.5, 0.6) is 0 Å². The van der Waals surface area contributed by atoms with Crippen LogP contribution in [0.3, 0.4) is 0 Å². The van der Waals surface area contributed by atoms with Crippen molar-refractivity contribution in [3.8, 4) is 0 Å². The molecule has 0 unspecified atom stereocenters. The third-order valence-corrected chi connectivity index (χ3v) is 18.0. The molecule has 0 atom stereocenters. The topological polar surface area (TPSA) is 37.4 Å². The van der Waals surface area contributed by atoms with Crippen molar-refractivity contribution in [2.24, 2.45) is 0 Å². The Hall–Kier alpha value is -5.54. The molecular weight excluding hydrogens is 622 g/mol. The zero-order valence-electron chi connectivity index (χ0n) is 26.0. The lowest BCUT2D eigenvalue weighted by Gasteiger charge is -2.45. The van der Waals surface area contributed by atoms with Crippen molar-refractivity contribution in [3.63, 3.8) is 0 Å². The third kappa shape index (κ3) is 3.94. The first kappa shape index (κ1) is 28.7. The van der Waals surface area contributed by atoms with E-state index in [4.69, 9.17) is 0 Å². The lowest BCUT2D eigenvalue weighted by molar-refractivity contribution is 0.104. The molecule has 2 aliphatic heterocycles. The standard InChI is InChI=1S/C43H30NO2PSi/c45-43-35-19-7-11-23-39(35)47(46,40-24-12-8-20-36(40)43)32-29-27-31(28-30-32)44-37-21-9-13-25-41(37)48(33-15-3-1-4-16-33,34-17-5-2-6-18-34)42-26-14-10-22-38(42)44/h1-30H. The van der Waals surface area contributed by atoms with Gasteiger partial charge in [0.15, 0.2) is 21.0 Å². The number of nitrogens with zero attached hydrogens (tertiary/aromatic N) is 1. The zero-order valence-corrected chi connectivity index (χ0v) is 27.9. The second-order valence-corrected chi connectivity index (χ2v) is 18.8. The van der Waals surface area contributed by atoms with E-state index < -0.39 is 15.2 Å². The first-order valence-electron chi connectivity index (χ1n) is 16.2. The Balaban J connectivity index is 1.25. The molecule has 9 rings (SSSR count). The van der Waals surface area contributed by atoms with Crippen LogP contribution in [0.2, 0.25) is 0 Å². The Kier molecular flexibility index (Phi) is 6.58. The molecule has 0 saturated heterocycles. The maximum atomic E-state index is 15.3. The van der Waals surface area contributed by atoms with E-state index in [1.54, 1.807) is 12.1 Å². The quantitative estimate of drug-likeness (QED) is 0.172. The second-order valence-electron chi connectivity index (χ2n) is 12.3. The Morgan fingerprint density at radius 2 is 0.854 bits per heavy atom. The summed E-state index contributed by atoms with van der Waals surface area (Å²) in [4.78, 5) is 15.8. The number of anilines is 3. The number of carbonyl (C=O) groups is 1. The van der Waals surface area contributed by atoms with Crippen LogP contribution in [-0.4, -0.2) is 13.9 Å². The lowest BCUT2D eigenvalue weighted by Crippen LogP contribution is -2.77. The van der Waals surface area contributed by atoms with Crippen LogP contribution in [0.25, 0.3) is 0 Å². The normalized spacial score (nSPS) is 15.1. The summed E-state index contributed by atoms with van der Waals surface area (Å²) in [5.74, 6) is -0.0738. The van der Waals surface area contributed by atoms with Gasteiger partial charge in [-0.05, 0) is 57.1 Å². The molecule has 0 spiro atoms. The van der Waals surface area contributed by atoms with E-state index in [2.05, 4.69) is 126 Å². The van der Waals surface area contributed by atoms with Gasteiger partial charge in [0.1, 0.15) is 0 Å². The van der Waals surface area contributed by atoms with Crippen molar-refractivity contribution < 1.29 is 9.36 Å². The van der Waals surface area contributed by atoms with Gasteiger partial charge in [-0.25, -0.2) is 0 Å². The molecule has 0 amide bonds. The predicted molar refractivity (Wildman–Crippen MR) is 201 cm³/mol. The minimum Gasteiger partial charge on any atom is -0.311 e. The summed E-state index contributed by atoms with van der Waals surface area (Å²) in [5, 5.41) is 7.27. The molecule has 228 valence electrons. The lowest BCUT2D eigenvalue weighted by atomic mass is 10.0. The Morgan fingerprint density at radius 1 is 0.438 bits per heavy atom. The summed E-state index contributed by atoms with van der Waals surface area (Å²) in [7, 11) is -6.01. The molecule has 48 heavy (non-hydrogen) atoms. The highest BCUT2D eigenvalue weighted by atomic mass is 31.2. The molecule has 7 aromatic carbocycles. The van der Waals surface area contributed by atoms with Crippen LogP contribution in [0.4, 0.5) is 17.1 Å². The Bertz CT molecular complexity index is 2260. The van der Waals surface area contributed by atoms with Gasteiger partial charge in [0.05, 0.1) is 0 Å². The van der Waals surface area contributed by atoms with E-state index in [0.29, 0.717) is 21.7 Å². The molecule has 0 bridgehead atoms. The first-order chi connectivity index (χ1) is 23.6. The number of hydrogen-bond acceptors (Lipinski definition) is 3. The van der Waals surface area contributed by atoms with Gasteiger partial charge >= 0.3 is 0 Å². The van der Waals surface area contributed by atoms with Crippen LogP contribution in [0.1, 0.15) is 15.9 Å². The van der Waals surface area contributed by atoms with Crippen molar-refractivity contribution in [3.05, 3.63) is 193 Å². The third-order valence-electron chi connectivity index (χ3n) is 9.96. The molecule has 0 N–H and O–H groups in total. The van der Waals surface area contributed by atoms with Gasteiger partial charge in [-0.1, -0.05) is 146 Å². The monoisotopic (exact) mass is 651 g/mol. The zero-order chi connectivity index (χ0) is 32.3. The van der Waals surface area contributed by atoms with Crippen molar-refractivity contribution in [2.45, 2.75) is 0 Å². The highest BCUT2D eigenvalue weighted by Crippen LogP contribution is 2.48. The average Bonchev–Trinajstić information content (AvgIpc) is 3.17. The molecule has 2 heterocycles. The minimum absolute atomic E-state index is 0.0738. The number of ketones is 1. The van der Waals surface area contributed by atoms with Crippen molar-refractivity contribution in [1.82, 2.24) is 0 Å². The van der Waals surface area contributed by atoms with Gasteiger partial charge in [0.2, 0.25) is 0 Å². The SMILES string of the molecule is O=C1c2ccccc2P(=O)(c2ccc(N3c4ccccc4[Si](c4ccccc4)(c4ccccc4)c4ccccc43)cc2)c2ccccc21. The molecular formula is C43H30NO2PSi. The fourth-order valence-corrected chi connectivity index (χ4v) is 16.0. The van der Waals surface area contributed by atoms with Crippen LogP contribution in [-0.2, 0) is 4.57 Å². The van der Waals surface area contributed by atoms with E-state index in [9.17, 15) is 4.79 Å². The Morgan fingerprint density at radius 3 is 1.35 bits per heavy atom. The molecule has 2 aliphatic rings. The predicted octanol–water partition coefficient (Wildman–Crippen LogP) is 6.03. The number of fused-ring (bicyclic) bond motifs is 4. The van der Waals surface area contributed by atoms with E-state index >= 15 is 4.57 Å². The van der Waals surface area contributed by atoms with Gasteiger partial charge in [0, 0.05) is 44.1 Å². The largest absolute Gasteiger partial charge is 0.311 e. The summed E-state index contributed by atoms with van der Waals surface area (Å²) in [6, 6.07) is 62.5. The Labute approximate surface area is 281 Å². The van der Waals surface area contributed by atoms with Gasteiger partial charge < -0.3 is 9.46 Å². The summed E-state index contributed by atoms with van der Waals surface area (Å²) >= 11 is 0. The van der Waals surface area contributed by atoms with Crippen molar-refractivity contribution >= 4 is 74.7 Å². The average molecular weight is 652 g/mol. The molecule has 0 aliphatic carbocycles. The molecule has 0 fully saturated rings. The summed E-state index contributed by atoms with van der Waals surface area (Å²) in [5.41, 5.74) is 4.32. The van der Waals surface area contributed by atoms with Crippen molar-refractivity contribution in [2.75, 3.05) is 4.90 Å². The summed E-state index contributed by atoms with van der Waals surface area (Å²) in [6.07, 6.45) is 0. The molecule has 0 radical (unpaired) electrons. The van der Waals surface area contributed by atoms with Gasteiger partial charge in [0.25, 0.3) is 0 Å². The number of benzene rings is 7. The van der Waals surface area contributed by atoms with E-state index in [0.717, 1.165) is 22.4 Å². The van der Waals surface area contributed by atoms with Crippen LogP contribution >= 0.6 is 7.14 Å². The van der Waals surface area contributed by atoms with E-state index in [-0.39, 0.29) is 5.78 Å². The molecule has 0 saturated carbocycles. The van der Waals surface area contributed by atoms with Gasteiger partial charge in [-0.2, -0.15) is 0 Å². The molecule has 7 aromatic rings. The van der Waals surface area contributed by atoms with Crippen LogP contribution in [0, 0.1) is 0 Å². The fourth-order valence-electron chi connectivity index (χ4n) is 7.93. The number of para-hydroxylation sites is 2. The van der Waals surface area contributed by atoms with Crippen molar-refractivity contribution in [1.29, 1.82) is 0 Å². The smallest absolute Gasteiger partial charge is 0.194 e.